The van der Waals surface area contributed by atoms with Crippen LogP contribution < -0.4 is 5.32 Å². The summed E-state index contributed by atoms with van der Waals surface area (Å²) in [5.41, 5.74) is -0.228. The molecule has 0 bridgehead atoms. The summed E-state index contributed by atoms with van der Waals surface area (Å²) >= 11 is 0. The molecular weight excluding hydrogens is 305 g/mol. The summed E-state index contributed by atoms with van der Waals surface area (Å²) in [4.78, 5) is 11.7. The Morgan fingerprint density at radius 2 is 2.10 bits per heavy atom. The minimum absolute atomic E-state index is 0.0664. The van der Waals surface area contributed by atoms with Crippen molar-refractivity contribution >= 4 is 25.6 Å². The summed E-state index contributed by atoms with van der Waals surface area (Å²) in [5, 5.41) is 2.62. The van der Waals surface area contributed by atoms with Crippen LogP contribution in [0.4, 0.5) is 4.39 Å². The van der Waals surface area contributed by atoms with Gasteiger partial charge in [-0.2, -0.15) is 0 Å². The minimum atomic E-state index is -4.00. The molecule has 1 fully saturated rings. The second-order valence-electron chi connectivity index (χ2n) is 5.22. The van der Waals surface area contributed by atoms with Crippen LogP contribution in [-0.4, -0.2) is 20.9 Å². The summed E-state index contributed by atoms with van der Waals surface area (Å²) in [5.74, 6) is -0.359. The maximum absolute atomic E-state index is 13.9. The van der Waals surface area contributed by atoms with Crippen LogP contribution in [0.2, 0.25) is 0 Å². The van der Waals surface area contributed by atoms with Gasteiger partial charge < -0.3 is 5.32 Å². The first kappa shape index (κ1) is 15.3. The van der Waals surface area contributed by atoms with Gasteiger partial charge in [0.05, 0.1) is 10.5 Å². The smallest absolute Gasteiger partial charge is 0.261 e. The summed E-state index contributed by atoms with van der Waals surface area (Å²) in [6.45, 7) is 3.93. The highest BCUT2D eigenvalue weighted by Gasteiger charge is 2.32. The molecule has 1 aliphatic rings. The Morgan fingerprint density at radius 3 is 2.60 bits per heavy atom. The summed E-state index contributed by atoms with van der Waals surface area (Å²) < 4.78 is 36.5. The van der Waals surface area contributed by atoms with Gasteiger partial charge >= 0.3 is 0 Å². The Balaban J connectivity index is 2.25. The highest BCUT2D eigenvalue weighted by molar-refractivity contribution is 8.13. The van der Waals surface area contributed by atoms with E-state index < -0.39 is 20.8 Å². The SMILES string of the molecule is Cc1cc(S(=O)(=O)Cl)cc(C(=O)NCC2CC2C)c1F. The lowest BCUT2D eigenvalue weighted by molar-refractivity contribution is 0.0947. The van der Waals surface area contributed by atoms with Gasteiger partial charge in [-0.1, -0.05) is 6.92 Å². The van der Waals surface area contributed by atoms with Gasteiger partial charge in [-0.15, -0.1) is 0 Å². The van der Waals surface area contributed by atoms with Crippen molar-refractivity contribution < 1.29 is 17.6 Å². The van der Waals surface area contributed by atoms with Crippen LogP contribution >= 0.6 is 10.7 Å². The van der Waals surface area contributed by atoms with Gasteiger partial charge in [0, 0.05) is 17.2 Å². The van der Waals surface area contributed by atoms with Crippen LogP contribution in [0.5, 0.6) is 0 Å². The lowest BCUT2D eigenvalue weighted by Gasteiger charge is -2.09. The second-order valence-corrected chi connectivity index (χ2v) is 7.79. The second kappa shape index (κ2) is 5.33. The molecule has 4 nitrogen and oxygen atoms in total. The molecule has 1 saturated carbocycles. The van der Waals surface area contributed by atoms with Gasteiger partial charge in [0.15, 0.2) is 0 Å². The highest BCUT2D eigenvalue weighted by Crippen LogP contribution is 2.36. The summed E-state index contributed by atoms with van der Waals surface area (Å²) in [6, 6.07) is 2.08. The number of aryl methyl sites for hydroxylation is 1. The van der Waals surface area contributed by atoms with Gasteiger partial charge in [0.2, 0.25) is 0 Å². The van der Waals surface area contributed by atoms with E-state index in [0.29, 0.717) is 18.4 Å². The quantitative estimate of drug-likeness (QED) is 0.867. The fourth-order valence-corrected chi connectivity index (χ4v) is 2.89. The number of hydrogen-bond donors (Lipinski definition) is 1. The van der Waals surface area contributed by atoms with Crippen LogP contribution in [0, 0.1) is 24.6 Å². The fourth-order valence-electron chi connectivity index (χ4n) is 2.04. The van der Waals surface area contributed by atoms with E-state index in [1.54, 1.807) is 0 Å². The fraction of sp³-hybridized carbons (Fsp3) is 0.462. The predicted molar refractivity (Wildman–Crippen MR) is 73.8 cm³/mol. The topological polar surface area (TPSA) is 63.2 Å². The van der Waals surface area contributed by atoms with Gasteiger partial charge in [0.1, 0.15) is 5.82 Å². The average molecular weight is 320 g/mol. The number of carbonyl (C=O) groups is 1. The Bertz CT molecular complexity index is 660. The van der Waals surface area contributed by atoms with E-state index in [9.17, 15) is 17.6 Å². The van der Waals surface area contributed by atoms with E-state index in [1.807, 2.05) is 0 Å². The first-order valence-corrected chi connectivity index (χ1v) is 8.54. The van der Waals surface area contributed by atoms with Crippen molar-refractivity contribution in [3.8, 4) is 0 Å². The van der Waals surface area contributed by atoms with Gasteiger partial charge in [-0.05, 0) is 42.9 Å². The number of benzene rings is 1. The van der Waals surface area contributed by atoms with Crippen LogP contribution in [0.25, 0.3) is 0 Å². The molecule has 2 atom stereocenters. The van der Waals surface area contributed by atoms with E-state index in [0.717, 1.165) is 18.6 Å². The number of halogens is 2. The Labute approximate surface area is 121 Å². The van der Waals surface area contributed by atoms with Crippen molar-refractivity contribution in [3.05, 3.63) is 29.1 Å². The molecule has 1 aliphatic carbocycles. The van der Waals surface area contributed by atoms with Crippen molar-refractivity contribution in [2.75, 3.05) is 6.54 Å². The molecule has 2 unspecified atom stereocenters. The molecule has 0 heterocycles. The Morgan fingerprint density at radius 1 is 1.50 bits per heavy atom. The van der Waals surface area contributed by atoms with Gasteiger partial charge in [-0.3, -0.25) is 4.79 Å². The maximum Gasteiger partial charge on any atom is 0.261 e. The number of amides is 1. The van der Waals surface area contributed by atoms with E-state index >= 15 is 0 Å². The molecule has 0 saturated heterocycles. The lowest BCUT2D eigenvalue weighted by atomic mass is 10.1. The van der Waals surface area contributed by atoms with Crippen molar-refractivity contribution in [3.63, 3.8) is 0 Å². The number of hydrogen-bond acceptors (Lipinski definition) is 3. The van der Waals surface area contributed by atoms with Gasteiger partial charge in [-0.25, -0.2) is 12.8 Å². The monoisotopic (exact) mass is 319 g/mol. The van der Waals surface area contributed by atoms with Crippen LogP contribution in [0.15, 0.2) is 17.0 Å². The van der Waals surface area contributed by atoms with Crippen molar-refractivity contribution in [1.82, 2.24) is 5.32 Å². The van der Waals surface area contributed by atoms with E-state index in [4.69, 9.17) is 10.7 Å². The zero-order valence-electron chi connectivity index (χ0n) is 11.1. The third-order valence-corrected chi connectivity index (χ3v) is 4.89. The molecule has 0 radical (unpaired) electrons. The maximum atomic E-state index is 13.9. The van der Waals surface area contributed by atoms with E-state index in [2.05, 4.69) is 12.2 Å². The zero-order chi connectivity index (χ0) is 15.1. The normalized spacial score (nSPS) is 21.6. The number of nitrogens with one attached hydrogen (secondary N) is 1. The largest absolute Gasteiger partial charge is 0.352 e. The number of carbonyl (C=O) groups excluding carboxylic acids is 1. The average Bonchev–Trinajstić information content (AvgIpc) is 3.04. The third-order valence-electron chi connectivity index (χ3n) is 3.56. The van der Waals surface area contributed by atoms with Crippen molar-refractivity contribution in [2.45, 2.75) is 25.2 Å². The summed E-state index contributed by atoms with van der Waals surface area (Å²) in [7, 11) is 1.23. The Kier molecular flexibility index (Phi) is 4.07. The first-order valence-electron chi connectivity index (χ1n) is 6.23. The minimum Gasteiger partial charge on any atom is -0.352 e. The van der Waals surface area contributed by atoms with Gasteiger partial charge in [0.25, 0.3) is 15.0 Å². The first-order chi connectivity index (χ1) is 9.20. The van der Waals surface area contributed by atoms with Crippen LogP contribution in [-0.2, 0) is 9.05 Å². The van der Waals surface area contributed by atoms with Crippen molar-refractivity contribution in [1.29, 1.82) is 0 Å². The molecule has 0 aliphatic heterocycles. The lowest BCUT2D eigenvalue weighted by Crippen LogP contribution is -2.27. The Hall–Kier alpha value is -1.14. The molecule has 1 N–H and O–H groups in total. The molecule has 110 valence electrons. The van der Waals surface area contributed by atoms with Crippen molar-refractivity contribution in [2.24, 2.45) is 11.8 Å². The van der Waals surface area contributed by atoms with Crippen LogP contribution in [0.1, 0.15) is 29.3 Å². The number of rotatable bonds is 4. The molecule has 1 aromatic carbocycles. The zero-order valence-corrected chi connectivity index (χ0v) is 12.7. The molecule has 2 rings (SSSR count). The third kappa shape index (κ3) is 3.30. The van der Waals surface area contributed by atoms with E-state index in [-0.39, 0.29) is 16.0 Å². The molecular formula is C13H15ClFNO3S. The van der Waals surface area contributed by atoms with Crippen LogP contribution in [0.3, 0.4) is 0 Å². The molecule has 0 aromatic heterocycles. The highest BCUT2D eigenvalue weighted by atomic mass is 35.7. The molecule has 1 aromatic rings. The standard InChI is InChI=1S/C13H15ClFNO3S/c1-7-3-9(7)6-16-13(17)11-5-10(20(14,18)19)4-8(2)12(11)15/h4-5,7,9H,3,6H2,1-2H3,(H,16,17). The molecule has 20 heavy (non-hydrogen) atoms. The predicted octanol–water partition coefficient (Wildman–Crippen LogP) is 2.45. The summed E-state index contributed by atoms with van der Waals surface area (Å²) in [6.07, 6.45) is 1.04. The molecule has 0 spiro atoms. The molecule has 1 amide bonds. The molecule has 7 heteroatoms. The van der Waals surface area contributed by atoms with E-state index in [1.165, 1.54) is 6.92 Å².